The third-order valence-electron chi connectivity index (χ3n) is 11.7. The molecule has 0 saturated heterocycles. The minimum Gasteiger partial charge on any atom is -0.311 e. The SMILES string of the molecule is [2H]c1c([2H])c([2H])c(-c2c([2H])c([2H])c(-c3c([2H])c([2H])c(N(c4ccc(-c5cccc(-c6ccccc6)c5)cc4)c4c([2H])c([2H])c(-c5ccc6c(c5)c5ccccc5n6-c5cccc6ccccc56)c([2H])c4[2H])c([2H])c3[2H])c([2H])c2[2H])c([2H])c1[2H]. The maximum Gasteiger partial charge on any atom is 0.0645 e. The molecule has 0 radical (unpaired) electrons. The van der Waals surface area contributed by atoms with Crippen LogP contribution in [0, 0.1) is 0 Å². The highest BCUT2D eigenvalue weighted by atomic mass is 15.1. The van der Waals surface area contributed by atoms with Gasteiger partial charge in [-0.2, -0.15) is 0 Å². The first kappa shape index (κ1) is 24.9. The van der Waals surface area contributed by atoms with Gasteiger partial charge in [0.05, 0.1) is 40.0 Å². The molecule has 66 heavy (non-hydrogen) atoms. The van der Waals surface area contributed by atoms with E-state index >= 15 is 0 Å². The number of anilines is 3. The Bertz CT molecular complexity index is 4590. The van der Waals surface area contributed by atoms with Gasteiger partial charge in [-0.05, 0) is 128 Å². The average molecular weight is 858 g/mol. The number of hydrogen-bond donors (Lipinski definition) is 0. The smallest absolute Gasteiger partial charge is 0.0645 e. The molecule has 0 atom stereocenters. The normalized spacial score (nSPS) is 14.9. The quantitative estimate of drug-likeness (QED) is 0.140. The first-order valence-electron chi connectivity index (χ1n) is 29.8. The van der Waals surface area contributed by atoms with Crippen molar-refractivity contribution in [1.82, 2.24) is 4.57 Å². The standard InChI is InChI=1S/C64H44N2/c1-3-13-45(14-4-1)47-25-27-48(28-26-47)49-29-36-56(37-30-49)65(57-38-31-50(32-39-57)54-20-11-19-53(43-54)46-15-5-2-6-16-46)58-40-33-51(34-41-58)55-35-42-64-61(44-55)60-22-9-10-23-63(60)66(64)62-24-12-18-52-17-7-8-21-59(52)62/h1-44H/i1D,3D,4D,13D,14D,25D,26D,27D,28D,29D,30D,33D,34D,36D,37D,40D,41D. The fourth-order valence-electron chi connectivity index (χ4n) is 8.52. The fourth-order valence-corrected chi connectivity index (χ4v) is 8.52. The van der Waals surface area contributed by atoms with Crippen LogP contribution in [0.15, 0.2) is 267 Å². The second kappa shape index (κ2) is 16.8. The van der Waals surface area contributed by atoms with Crippen LogP contribution in [0.5, 0.6) is 0 Å². The van der Waals surface area contributed by atoms with E-state index in [2.05, 4.69) is 10.6 Å². The maximum absolute atomic E-state index is 9.80. The molecule has 0 spiro atoms. The van der Waals surface area contributed by atoms with Crippen LogP contribution >= 0.6 is 0 Å². The summed E-state index contributed by atoms with van der Waals surface area (Å²) in [7, 11) is 0. The van der Waals surface area contributed by atoms with E-state index in [1.165, 1.54) is 0 Å². The highest BCUT2D eigenvalue weighted by molar-refractivity contribution is 6.11. The van der Waals surface area contributed by atoms with Crippen LogP contribution in [0.1, 0.15) is 23.3 Å². The van der Waals surface area contributed by atoms with E-state index in [0.29, 0.717) is 5.56 Å². The molecular formula is C64H44N2. The van der Waals surface area contributed by atoms with Crippen molar-refractivity contribution in [3.63, 3.8) is 0 Å². The van der Waals surface area contributed by atoms with Gasteiger partial charge in [-0.15, -0.1) is 0 Å². The molecule has 12 aromatic rings. The van der Waals surface area contributed by atoms with Crippen LogP contribution in [-0.2, 0) is 0 Å². The van der Waals surface area contributed by atoms with E-state index in [0.717, 1.165) is 65.4 Å². The Morgan fingerprint density at radius 1 is 0.288 bits per heavy atom. The highest BCUT2D eigenvalue weighted by Crippen LogP contribution is 2.40. The molecule has 11 aromatic carbocycles. The topological polar surface area (TPSA) is 8.17 Å². The van der Waals surface area contributed by atoms with Crippen LogP contribution in [0.25, 0.3) is 93.9 Å². The number of fused-ring (bicyclic) bond motifs is 4. The summed E-state index contributed by atoms with van der Waals surface area (Å²) in [5, 5.41) is 3.75. The molecule has 0 amide bonds. The minimum absolute atomic E-state index is 0.0356. The number of benzene rings is 11. The Morgan fingerprint density at radius 2 is 0.758 bits per heavy atom. The van der Waals surface area contributed by atoms with Gasteiger partial charge in [-0.3, -0.25) is 0 Å². The average Bonchev–Trinajstić information content (AvgIpc) is 4.04. The monoisotopic (exact) mass is 857 g/mol. The van der Waals surface area contributed by atoms with Gasteiger partial charge >= 0.3 is 0 Å². The summed E-state index contributed by atoms with van der Waals surface area (Å²) in [6.07, 6.45) is 0. The molecule has 0 bridgehead atoms. The molecule has 2 heteroatoms. The zero-order valence-corrected chi connectivity index (χ0v) is 35.0. The molecule has 0 aliphatic heterocycles. The summed E-state index contributed by atoms with van der Waals surface area (Å²) >= 11 is 0. The maximum atomic E-state index is 9.80. The molecule has 0 saturated carbocycles. The van der Waals surface area contributed by atoms with Crippen molar-refractivity contribution in [2.75, 3.05) is 4.90 Å². The van der Waals surface area contributed by atoms with Gasteiger partial charge in [0, 0.05) is 33.2 Å². The number of rotatable bonds is 9. The molecule has 310 valence electrons. The lowest BCUT2D eigenvalue weighted by Gasteiger charge is -2.26. The highest BCUT2D eigenvalue weighted by Gasteiger charge is 2.17. The van der Waals surface area contributed by atoms with Gasteiger partial charge in [0.1, 0.15) is 0 Å². The molecule has 1 aromatic heterocycles. The Kier molecular flexibility index (Phi) is 6.34. The van der Waals surface area contributed by atoms with E-state index in [1.807, 2.05) is 127 Å². The molecule has 0 aliphatic rings. The number of hydrogen-bond acceptors (Lipinski definition) is 1. The van der Waals surface area contributed by atoms with Gasteiger partial charge in [0.15, 0.2) is 0 Å². The molecule has 0 N–H and O–H groups in total. The van der Waals surface area contributed by atoms with E-state index in [-0.39, 0.29) is 11.3 Å². The predicted molar refractivity (Wildman–Crippen MR) is 280 cm³/mol. The molecular weight excluding hydrogens is 797 g/mol. The minimum atomic E-state index is -0.878. The van der Waals surface area contributed by atoms with Gasteiger partial charge < -0.3 is 9.47 Å². The van der Waals surface area contributed by atoms with Crippen molar-refractivity contribution >= 4 is 49.6 Å². The van der Waals surface area contributed by atoms with Crippen molar-refractivity contribution in [2.24, 2.45) is 0 Å². The van der Waals surface area contributed by atoms with Gasteiger partial charge in [-0.1, -0.05) is 200 Å². The lowest BCUT2D eigenvalue weighted by molar-refractivity contribution is 1.20. The number of para-hydroxylation sites is 1. The summed E-state index contributed by atoms with van der Waals surface area (Å²) in [6, 6.07) is 39.1. The fraction of sp³-hybridized carbons (Fsp3) is 0. The number of aromatic nitrogens is 1. The molecule has 2 nitrogen and oxygen atoms in total. The largest absolute Gasteiger partial charge is 0.311 e. The summed E-state index contributed by atoms with van der Waals surface area (Å²) < 4.78 is 158. The summed E-state index contributed by atoms with van der Waals surface area (Å²) in [4.78, 5) is 1.14. The Morgan fingerprint density at radius 3 is 1.44 bits per heavy atom. The van der Waals surface area contributed by atoms with E-state index in [1.54, 1.807) is 30.3 Å². The van der Waals surface area contributed by atoms with Gasteiger partial charge in [0.2, 0.25) is 0 Å². The zero-order chi connectivity index (χ0) is 58.6. The number of nitrogens with zero attached hydrogens (tertiary/aromatic N) is 2. The van der Waals surface area contributed by atoms with E-state index in [4.69, 9.17) is 12.3 Å². The van der Waals surface area contributed by atoms with Crippen molar-refractivity contribution in [3.8, 4) is 61.3 Å². The lowest BCUT2D eigenvalue weighted by Crippen LogP contribution is -2.09. The Labute approximate surface area is 409 Å². The van der Waals surface area contributed by atoms with Crippen molar-refractivity contribution in [2.45, 2.75) is 0 Å². The molecule has 0 aliphatic carbocycles. The van der Waals surface area contributed by atoms with Crippen LogP contribution < -0.4 is 4.90 Å². The van der Waals surface area contributed by atoms with Crippen molar-refractivity contribution in [3.05, 3.63) is 267 Å². The second-order valence-corrected chi connectivity index (χ2v) is 15.6. The molecule has 0 unspecified atom stereocenters. The summed E-state index contributed by atoms with van der Waals surface area (Å²) in [5.41, 5.74) is 3.13. The predicted octanol–water partition coefficient (Wildman–Crippen LogP) is 17.7. The van der Waals surface area contributed by atoms with Crippen LogP contribution in [-0.4, -0.2) is 4.57 Å². The van der Waals surface area contributed by atoms with Gasteiger partial charge in [0.25, 0.3) is 0 Å². The second-order valence-electron chi connectivity index (χ2n) is 15.6. The zero-order valence-electron chi connectivity index (χ0n) is 52.0. The van der Waals surface area contributed by atoms with Crippen LogP contribution in [0.3, 0.4) is 0 Å². The first-order valence-corrected chi connectivity index (χ1v) is 21.3. The van der Waals surface area contributed by atoms with E-state index in [9.17, 15) is 11.0 Å². The van der Waals surface area contributed by atoms with Gasteiger partial charge in [-0.25, -0.2) is 0 Å². The van der Waals surface area contributed by atoms with E-state index < -0.39 is 136 Å². The molecule has 1 heterocycles. The third kappa shape index (κ3) is 7.21. The lowest BCUT2D eigenvalue weighted by atomic mass is 9.98. The molecule has 0 fully saturated rings. The Hall–Kier alpha value is -8.72. The van der Waals surface area contributed by atoms with Crippen LogP contribution in [0.2, 0.25) is 0 Å². The Balaban J connectivity index is 1.05. The molecule has 12 rings (SSSR count). The van der Waals surface area contributed by atoms with Crippen molar-refractivity contribution in [1.29, 1.82) is 0 Å². The summed E-state index contributed by atoms with van der Waals surface area (Å²) in [6.45, 7) is 0. The van der Waals surface area contributed by atoms with Crippen molar-refractivity contribution < 1.29 is 23.3 Å². The van der Waals surface area contributed by atoms with Crippen LogP contribution in [0.4, 0.5) is 17.1 Å². The third-order valence-corrected chi connectivity index (χ3v) is 11.7. The first-order chi connectivity index (χ1) is 39.8. The summed E-state index contributed by atoms with van der Waals surface area (Å²) in [5.74, 6) is 0.